The van der Waals surface area contributed by atoms with E-state index < -0.39 is 12.1 Å². The highest BCUT2D eigenvalue weighted by Gasteiger charge is 2.39. The Morgan fingerprint density at radius 2 is 2.04 bits per heavy atom. The van der Waals surface area contributed by atoms with Crippen LogP contribution in [-0.2, 0) is 11.2 Å². The molecule has 0 saturated carbocycles. The third-order valence-electron chi connectivity index (χ3n) is 4.92. The Morgan fingerprint density at radius 1 is 1.24 bits per heavy atom. The molecule has 4 rings (SSSR count). The van der Waals surface area contributed by atoms with Gasteiger partial charge in [0.25, 0.3) is 0 Å². The van der Waals surface area contributed by atoms with Gasteiger partial charge in [-0.25, -0.2) is 9.18 Å². The number of H-pyrrole nitrogens is 1. The SMILES string of the molecule is COC(=O)N1[C@H](c2cccc(F)c2)c2[nH]c3ccccc3c2C[C@H]1C. The molecule has 0 aliphatic carbocycles. The molecule has 2 atom stereocenters. The number of aromatic nitrogens is 1. The number of amides is 1. The highest BCUT2D eigenvalue weighted by atomic mass is 19.1. The number of nitrogens with one attached hydrogen (secondary N) is 1. The molecule has 0 saturated heterocycles. The smallest absolute Gasteiger partial charge is 0.410 e. The van der Waals surface area contributed by atoms with Crippen molar-refractivity contribution in [3.05, 3.63) is 71.2 Å². The van der Waals surface area contributed by atoms with Crippen LogP contribution in [0.25, 0.3) is 10.9 Å². The number of rotatable bonds is 1. The van der Waals surface area contributed by atoms with Gasteiger partial charge in [-0.2, -0.15) is 0 Å². The highest BCUT2D eigenvalue weighted by Crippen LogP contribution is 2.41. The van der Waals surface area contributed by atoms with E-state index in [9.17, 15) is 9.18 Å². The van der Waals surface area contributed by atoms with Gasteiger partial charge in [0.15, 0.2) is 0 Å². The van der Waals surface area contributed by atoms with Gasteiger partial charge in [0.05, 0.1) is 7.11 Å². The first-order valence-corrected chi connectivity index (χ1v) is 8.31. The molecule has 1 aliphatic heterocycles. The zero-order chi connectivity index (χ0) is 17.6. The van der Waals surface area contributed by atoms with Crippen LogP contribution >= 0.6 is 0 Å². The molecule has 0 spiro atoms. The van der Waals surface area contributed by atoms with Crippen molar-refractivity contribution in [1.29, 1.82) is 0 Å². The van der Waals surface area contributed by atoms with Crippen LogP contribution in [0.3, 0.4) is 0 Å². The predicted octanol–water partition coefficient (Wildman–Crippen LogP) is 4.41. The van der Waals surface area contributed by atoms with Crippen LogP contribution in [0.15, 0.2) is 48.5 Å². The molecule has 0 radical (unpaired) electrons. The Labute approximate surface area is 145 Å². The van der Waals surface area contributed by atoms with E-state index in [1.54, 1.807) is 11.0 Å². The second-order valence-electron chi connectivity index (χ2n) is 6.45. The molecule has 1 amide bonds. The van der Waals surface area contributed by atoms with Crippen LogP contribution < -0.4 is 0 Å². The fourth-order valence-corrected chi connectivity index (χ4v) is 3.86. The molecule has 1 aromatic heterocycles. The van der Waals surface area contributed by atoms with E-state index >= 15 is 0 Å². The first-order valence-electron chi connectivity index (χ1n) is 8.31. The number of hydrogen-bond donors (Lipinski definition) is 1. The summed E-state index contributed by atoms with van der Waals surface area (Å²) in [5, 5.41) is 1.15. The predicted molar refractivity (Wildman–Crippen MR) is 94.0 cm³/mol. The van der Waals surface area contributed by atoms with E-state index in [1.807, 2.05) is 31.2 Å². The van der Waals surface area contributed by atoms with Gasteiger partial charge in [-0.05, 0) is 42.7 Å². The summed E-state index contributed by atoms with van der Waals surface area (Å²) in [4.78, 5) is 17.6. The van der Waals surface area contributed by atoms with Crippen LogP contribution in [0.5, 0.6) is 0 Å². The summed E-state index contributed by atoms with van der Waals surface area (Å²) < 4.78 is 18.9. The molecule has 2 heterocycles. The van der Waals surface area contributed by atoms with Crippen LogP contribution in [-0.4, -0.2) is 29.1 Å². The van der Waals surface area contributed by atoms with Gasteiger partial charge in [0.1, 0.15) is 11.9 Å². The summed E-state index contributed by atoms with van der Waals surface area (Å²) in [6.45, 7) is 1.99. The lowest BCUT2D eigenvalue weighted by Gasteiger charge is -2.39. The van der Waals surface area contributed by atoms with Crippen LogP contribution in [0.2, 0.25) is 0 Å². The van der Waals surface area contributed by atoms with Crippen LogP contribution in [0, 0.1) is 5.82 Å². The third-order valence-corrected chi connectivity index (χ3v) is 4.92. The Kier molecular flexibility index (Phi) is 3.71. The number of halogens is 1. The molecule has 0 bridgehead atoms. The first-order chi connectivity index (χ1) is 12.1. The Morgan fingerprint density at radius 3 is 2.80 bits per heavy atom. The Balaban J connectivity index is 1.96. The van der Waals surface area contributed by atoms with Gasteiger partial charge in [-0.15, -0.1) is 0 Å². The second kappa shape index (κ2) is 5.92. The number of fused-ring (bicyclic) bond motifs is 3. The average molecular weight is 338 g/mol. The Bertz CT molecular complexity index is 950. The average Bonchev–Trinajstić information content (AvgIpc) is 2.98. The lowest BCUT2D eigenvalue weighted by Crippen LogP contribution is -2.46. The number of aromatic amines is 1. The zero-order valence-electron chi connectivity index (χ0n) is 14.1. The molecule has 128 valence electrons. The van der Waals surface area contributed by atoms with Gasteiger partial charge < -0.3 is 9.72 Å². The number of para-hydroxylation sites is 1. The minimum Gasteiger partial charge on any atom is -0.453 e. The Hall–Kier alpha value is -2.82. The number of nitrogens with zero attached hydrogens (tertiary/aromatic N) is 1. The third kappa shape index (κ3) is 2.47. The largest absolute Gasteiger partial charge is 0.453 e. The van der Waals surface area contributed by atoms with E-state index in [-0.39, 0.29) is 11.9 Å². The van der Waals surface area contributed by atoms with Gasteiger partial charge in [0, 0.05) is 22.6 Å². The molecule has 1 N–H and O–H groups in total. The minimum atomic E-state index is -0.411. The van der Waals surface area contributed by atoms with E-state index in [2.05, 4.69) is 11.1 Å². The van der Waals surface area contributed by atoms with Crippen molar-refractivity contribution in [3.63, 3.8) is 0 Å². The topological polar surface area (TPSA) is 45.3 Å². The molecule has 0 fully saturated rings. The van der Waals surface area contributed by atoms with Crippen LogP contribution in [0.1, 0.15) is 29.8 Å². The van der Waals surface area contributed by atoms with Gasteiger partial charge >= 0.3 is 6.09 Å². The van der Waals surface area contributed by atoms with Crippen LogP contribution in [0.4, 0.5) is 9.18 Å². The molecule has 4 nitrogen and oxygen atoms in total. The summed E-state index contributed by atoms with van der Waals surface area (Å²) in [6, 6.07) is 14.0. The number of carbonyl (C=O) groups is 1. The van der Waals surface area contributed by atoms with E-state index in [0.29, 0.717) is 0 Å². The minimum absolute atomic E-state index is 0.0626. The maximum Gasteiger partial charge on any atom is 0.410 e. The van der Waals surface area contributed by atoms with Crippen molar-refractivity contribution in [1.82, 2.24) is 9.88 Å². The molecule has 2 aromatic carbocycles. The fraction of sp³-hybridized carbons (Fsp3) is 0.250. The standard InChI is InChI=1S/C20H19FN2O2/c1-12-10-16-15-8-3-4-9-17(15)22-18(16)19(23(12)20(24)25-2)13-6-5-7-14(21)11-13/h3-9,11-12,19,22H,10H2,1-2H3/t12-,19-/m1/s1. The van der Waals surface area contributed by atoms with Crippen molar-refractivity contribution in [3.8, 4) is 0 Å². The van der Waals surface area contributed by atoms with Gasteiger partial charge in [-0.1, -0.05) is 30.3 Å². The summed E-state index contributed by atoms with van der Waals surface area (Å²) in [7, 11) is 1.37. The summed E-state index contributed by atoms with van der Waals surface area (Å²) in [5.41, 5.74) is 3.85. The molecule has 5 heteroatoms. The van der Waals surface area contributed by atoms with Gasteiger partial charge in [-0.3, -0.25) is 4.90 Å². The monoisotopic (exact) mass is 338 g/mol. The molecule has 3 aromatic rings. The number of benzene rings is 2. The fourth-order valence-electron chi connectivity index (χ4n) is 3.86. The summed E-state index contributed by atoms with van der Waals surface area (Å²) in [6.07, 6.45) is 0.311. The summed E-state index contributed by atoms with van der Waals surface area (Å²) >= 11 is 0. The van der Waals surface area contributed by atoms with Crippen molar-refractivity contribution in [2.75, 3.05) is 7.11 Å². The number of ether oxygens (including phenoxy) is 1. The lowest BCUT2D eigenvalue weighted by atomic mass is 9.89. The molecule has 1 aliphatic rings. The molecular weight excluding hydrogens is 319 g/mol. The first kappa shape index (κ1) is 15.7. The zero-order valence-corrected chi connectivity index (χ0v) is 14.1. The van der Waals surface area contributed by atoms with E-state index in [0.717, 1.165) is 28.6 Å². The molecule has 0 unspecified atom stereocenters. The van der Waals surface area contributed by atoms with Crippen molar-refractivity contribution < 1.29 is 13.9 Å². The highest BCUT2D eigenvalue weighted by molar-refractivity contribution is 5.86. The lowest BCUT2D eigenvalue weighted by molar-refractivity contribution is 0.0877. The van der Waals surface area contributed by atoms with Gasteiger partial charge in [0.2, 0.25) is 0 Å². The molecule has 25 heavy (non-hydrogen) atoms. The van der Waals surface area contributed by atoms with E-state index in [4.69, 9.17) is 4.74 Å². The van der Waals surface area contributed by atoms with Crippen molar-refractivity contribution in [2.24, 2.45) is 0 Å². The summed E-state index contributed by atoms with van der Waals surface area (Å²) in [5.74, 6) is -0.321. The van der Waals surface area contributed by atoms with E-state index in [1.165, 1.54) is 24.8 Å². The maximum absolute atomic E-state index is 13.9. The maximum atomic E-state index is 13.9. The van der Waals surface area contributed by atoms with Crippen molar-refractivity contribution in [2.45, 2.75) is 25.4 Å². The molecular formula is C20H19FN2O2. The van der Waals surface area contributed by atoms with Crippen molar-refractivity contribution >= 4 is 17.0 Å². The second-order valence-corrected chi connectivity index (χ2v) is 6.45. The number of carbonyl (C=O) groups excluding carboxylic acids is 1. The normalized spacial score (nSPS) is 19.7. The quantitative estimate of drug-likeness (QED) is 0.714. The number of hydrogen-bond acceptors (Lipinski definition) is 2. The number of methoxy groups -OCH3 is 1.